The van der Waals surface area contributed by atoms with Crippen LogP contribution in [-0.2, 0) is 13.0 Å². The summed E-state index contributed by atoms with van der Waals surface area (Å²) in [6.45, 7) is 5.51. The summed E-state index contributed by atoms with van der Waals surface area (Å²) in [7, 11) is 0. The van der Waals surface area contributed by atoms with Crippen molar-refractivity contribution in [3.8, 4) is 0 Å². The predicted molar refractivity (Wildman–Crippen MR) is 72.5 cm³/mol. The minimum absolute atomic E-state index is 0.791. The van der Waals surface area contributed by atoms with Gasteiger partial charge in [-0.05, 0) is 36.9 Å². The molecule has 0 unspecified atom stereocenters. The minimum atomic E-state index is 0.791. The van der Waals surface area contributed by atoms with Crippen LogP contribution in [0.25, 0.3) is 0 Å². The lowest BCUT2D eigenvalue weighted by Gasteiger charge is -2.28. The third kappa shape index (κ3) is 2.97. The number of hydrogen-bond donors (Lipinski definition) is 1. The zero-order valence-corrected chi connectivity index (χ0v) is 11.7. The Balaban J connectivity index is 1.97. The van der Waals surface area contributed by atoms with Gasteiger partial charge in [-0.15, -0.1) is 0 Å². The zero-order chi connectivity index (χ0) is 12.3. The predicted octanol–water partition coefficient (Wildman–Crippen LogP) is 3.72. The number of rotatable bonds is 4. The number of nitrogens with one attached hydrogen (secondary N) is 1. The fourth-order valence-electron chi connectivity index (χ4n) is 2.89. The Bertz CT molecular complexity index is 399. The molecule has 0 aromatic carbocycles. The van der Waals surface area contributed by atoms with Gasteiger partial charge in [0.15, 0.2) is 4.77 Å². The van der Waals surface area contributed by atoms with E-state index in [1.165, 1.54) is 32.1 Å². The summed E-state index contributed by atoms with van der Waals surface area (Å²) in [5.74, 6) is 2.87. The molecule has 0 amide bonds. The summed E-state index contributed by atoms with van der Waals surface area (Å²) in [5.41, 5.74) is 0. The lowest BCUT2D eigenvalue weighted by Crippen LogP contribution is -2.19. The summed E-state index contributed by atoms with van der Waals surface area (Å²) < 4.78 is 2.99. The van der Waals surface area contributed by atoms with E-state index < -0.39 is 0 Å². The minimum Gasteiger partial charge on any atom is -0.304 e. The number of aromatic amines is 1. The van der Waals surface area contributed by atoms with Crippen LogP contribution < -0.4 is 0 Å². The van der Waals surface area contributed by atoms with E-state index in [9.17, 15) is 0 Å². The molecule has 0 bridgehead atoms. The van der Waals surface area contributed by atoms with E-state index in [1.807, 2.05) is 0 Å². The average molecular weight is 253 g/mol. The van der Waals surface area contributed by atoms with Crippen LogP contribution in [0.2, 0.25) is 0 Å². The fourth-order valence-corrected chi connectivity index (χ4v) is 3.11. The van der Waals surface area contributed by atoms with Gasteiger partial charge in [-0.1, -0.05) is 33.1 Å². The largest absolute Gasteiger partial charge is 0.304 e. The highest BCUT2D eigenvalue weighted by atomic mass is 32.1. The van der Waals surface area contributed by atoms with E-state index in [4.69, 9.17) is 12.2 Å². The van der Waals surface area contributed by atoms with Gasteiger partial charge in [-0.25, -0.2) is 0 Å². The van der Waals surface area contributed by atoms with Crippen molar-refractivity contribution in [2.24, 2.45) is 11.8 Å². The van der Waals surface area contributed by atoms with Gasteiger partial charge in [-0.2, -0.15) is 5.10 Å². The van der Waals surface area contributed by atoms with Gasteiger partial charge in [-0.3, -0.25) is 5.10 Å². The van der Waals surface area contributed by atoms with Gasteiger partial charge in [0.1, 0.15) is 5.82 Å². The lowest BCUT2D eigenvalue weighted by atomic mass is 9.81. The Labute approximate surface area is 109 Å². The molecule has 4 heteroatoms. The SMILES string of the molecule is CCc1n[nH]c(=S)n1CC1CCC(CC)CC1. The molecule has 0 spiro atoms. The Kier molecular flexibility index (Phi) is 4.37. The van der Waals surface area contributed by atoms with E-state index in [2.05, 4.69) is 28.6 Å². The standard InChI is InChI=1S/C13H23N3S/c1-3-10-5-7-11(8-6-10)9-16-12(4-2)14-15-13(16)17/h10-11H,3-9H2,1-2H3,(H,15,17). The Morgan fingerprint density at radius 2 is 1.88 bits per heavy atom. The van der Waals surface area contributed by atoms with Gasteiger partial charge in [0.05, 0.1) is 0 Å². The van der Waals surface area contributed by atoms with E-state index >= 15 is 0 Å². The first-order chi connectivity index (χ1) is 8.24. The van der Waals surface area contributed by atoms with Crippen molar-refractivity contribution in [2.75, 3.05) is 0 Å². The molecule has 1 aliphatic carbocycles. The highest BCUT2D eigenvalue weighted by Gasteiger charge is 2.21. The molecule has 3 nitrogen and oxygen atoms in total. The van der Waals surface area contributed by atoms with Crippen molar-refractivity contribution < 1.29 is 0 Å². The van der Waals surface area contributed by atoms with Crippen LogP contribution in [0.15, 0.2) is 0 Å². The van der Waals surface area contributed by atoms with Crippen LogP contribution in [0.1, 0.15) is 51.8 Å². The Hall–Kier alpha value is -0.640. The van der Waals surface area contributed by atoms with E-state index in [0.717, 1.165) is 35.4 Å². The zero-order valence-electron chi connectivity index (χ0n) is 10.9. The molecule has 1 aromatic rings. The second-order valence-electron chi connectivity index (χ2n) is 5.20. The average Bonchev–Trinajstić information content (AvgIpc) is 2.71. The molecule has 1 aromatic heterocycles. The molecule has 0 radical (unpaired) electrons. The number of hydrogen-bond acceptors (Lipinski definition) is 2. The van der Waals surface area contributed by atoms with Crippen molar-refractivity contribution in [1.29, 1.82) is 0 Å². The molecule has 96 valence electrons. The number of aryl methyl sites for hydroxylation is 1. The molecular weight excluding hydrogens is 230 g/mol. The quantitative estimate of drug-likeness (QED) is 0.830. The van der Waals surface area contributed by atoms with Crippen LogP contribution in [-0.4, -0.2) is 14.8 Å². The first-order valence-corrected chi connectivity index (χ1v) is 7.29. The third-order valence-corrected chi connectivity index (χ3v) is 4.45. The van der Waals surface area contributed by atoms with Gasteiger partial charge in [0.2, 0.25) is 0 Å². The van der Waals surface area contributed by atoms with Crippen molar-refractivity contribution >= 4 is 12.2 Å². The van der Waals surface area contributed by atoms with E-state index in [-0.39, 0.29) is 0 Å². The maximum Gasteiger partial charge on any atom is 0.195 e. The van der Waals surface area contributed by atoms with E-state index in [0.29, 0.717) is 0 Å². The Morgan fingerprint density at radius 3 is 2.47 bits per heavy atom. The molecule has 1 saturated carbocycles. The summed E-state index contributed by atoms with van der Waals surface area (Å²) in [6.07, 6.45) is 7.81. The normalized spacial score (nSPS) is 25.1. The van der Waals surface area contributed by atoms with Crippen molar-refractivity contribution in [3.05, 3.63) is 10.6 Å². The first-order valence-electron chi connectivity index (χ1n) is 6.88. The van der Waals surface area contributed by atoms with Gasteiger partial charge < -0.3 is 4.57 Å². The van der Waals surface area contributed by atoms with Crippen LogP contribution in [0.4, 0.5) is 0 Å². The van der Waals surface area contributed by atoms with Crippen molar-refractivity contribution in [3.63, 3.8) is 0 Å². The Morgan fingerprint density at radius 1 is 1.24 bits per heavy atom. The molecule has 0 saturated heterocycles. The molecule has 17 heavy (non-hydrogen) atoms. The summed E-state index contributed by atoms with van der Waals surface area (Å²) in [5, 5.41) is 7.19. The van der Waals surface area contributed by atoms with Crippen molar-refractivity contribution in [2.45, 2.75) is 58.9 Å². The van der Waals surface area contributed by atoms with Crippen LogP contribution in [0, 0.1) is 16.6 Å². The summed E-state index contributed by atoms with van der Waals surface area (Å²) in [4.78, 5) is 0. The maximum absolute atomic E-state index is 5.30. The smallest absolute Gasteiger partial charge is 0.195 e. The summed E-state index contributed by atoms with van der Waals surface area (Å²) in [6, 6.07) is 0. The number of aromatic nitrogens is 3. The van der Waals surface area contributed by atoms with Gasteiger partial charge in [0.25, 0.3) is 0 Å². The van der Waals surface area contributed by atoms with Gasteiger partial charge >= 0.3 is 0 Å². The fraction of sp³-hybridized carbons (Fsp3) is 0.846. The monoisotopic (exact) mass is 253 g/mol. The highest BCUT2D eigenvalue weighted by Crippen LogP contribution is 2.31. The maximum atomic E-state index is 5.30. The molecular formula is C13H23N3S. The van der Waals surface area contributed by atoms with Crippen LogP contribution in [0.5, 0.6) is 0 Å². The van der Waals surface area contributed by atoms with E-state index in [1.54, 1.807) is 0 Å². The summed E-state index contributed by atoms with van der Waals surface area (Å²) >= 11 is 5.30. The molecule has 1 N–H and O–H groups in total. The third-order valence-electron chi connectivity index (χ3n) is 4.14. The van der Waals surface area contributed by atoms with Crippen molar-refractivity contribution in [1.82, 2.24) is 14.8 Å². The molecule has 1 aliphatic rings. The first kappa shape index (κ1) is 12.8. The van der Waals surface area contributed by atoms with Gasteiger partial charge in [0, 0.05) is 13.0 Å². The lowest BCUT2D eigenvalue weighted by molar-refractivity contribution is 0.245. The number of nitrogens with zero attached hydrogens (tertiary/aromatic N) is 2. The topological polar surface area (TPSA) is 33.6 Å². The highest BCUT2D eigenvalue weighted by molar-refractivity contribution is 7.71. The second-order valence-corrected chi connectivity index (χ2v) is 5.59. The molecule has 1 fully saturated rings. The molecule has 0 atom stereocenters. The second kappa shape index (κ2) is 5.80. The van der Waals surface area contributed by atoms with Crippen LogP contribution >= 0.6 is 12.2 Å². The molecule has 1 heterocycles. The molecule has 0 aliphatic heterocycles. The number of H-pyrrole nitrogens is 1. The van der Waals surface area contributed by atoms with Crippen LogP contribution in [0.3, 0.4) is 0 Å². The molecule has 2 rings (SSSR count).